The summed E-state index contributed by atoms with van der Waals surface area (Å²) >= 11 is 1.53. The Morgan fingerprint density at radius 1 is 1.35 bits per heavy atom. The summed E-state index contributed by atoms with van der Waals surface area (Å²) in [6.45, 7) is 1.94. The molecule has 1 aromatic rings. The van der Waals surface area contributed by atoms with Gasteiger partial charge in [-0.25, -0.2) is 8.42 Å². The fourth-order valence-corrected chi connectivity index (χ4v) is 6.05. The number of fused-ring (bicyclic) bond motifs is 1. The van der Waals surface area contributed by atoms with Crippen LogP contribution in [0.15, 0.2) is 35.4 Å². The summed E-state index contributed by atoms with van der Waals surface area (Å²) in [4.78, 5) is 3.20. The highest BCUT2D eigenvalue weighted by molar-refractivity contribution is 8.15. The number of nitrogens with one attached hydrogen (secondary N) is 2. The average Bonchev–Trinajstić information content (AvgIpc) is 2.90. The number of hydrogen-bond acceptors (Lipinski definition) is 5. The van der Waals surface area contributed by atoms with Gasteiger partial charge in [0, 0.05) is 0 Å². The Hall–Kier alpha value is -1.34. The Labute approximate surface area is 122 Å². The first-order valence-electron chi connectivity index (χ1n) is 6.40. The van der Waals surface area contributed by atoms with E-state index < -0.39 is 9.84 Å². The van der Waals surface area contributed by atoms with Crippen LogP contribution in [0, 0.1) is 0 Å². The van der Waals surface area contributed by atoms with Gasteiger partial charge in [-0.1, -0.05) is 35.4 Å². The molecular formula is C13H16N3O2S2+. The minimum atomic E-state index is -2.86. The largest absolute Gasteiger partial charge is 0.330 e. The van der Waals surface area contributed by atoms with Crippen LogP contribution in [0.4, 0.5) is 0 Å². The van der Waals surface area contributed by atoms with E-state index in [1.165, 1.54) is 11.8 Å². The maximum absolute atomic E-state index is 11.5. The van der Waals surface area contributed by atoms with Crippen molar-refractivity contribution >= 4 is 32.5 Å². The number of benzene rings is 1. The van der Waals surface area contributed by atoms with Crippen molar-refractivity contribution < 1.29 is 13.4 Å². The van der Waals surface area contributed by atoms with Crippen molar-refractivity contribution in [2.24, 2.45) is 5.10 Å². The lowest BCUT2D eigenvalue weighted by molar-refractivity contribution is -0.489. The molecule has 0 aromatic heterocycles. The molecule has 1 fully saturated rings. The van der Waals surface area contributed by atoms with Crippen LogP contribution in [-0.4, -0.2) is 42.1 Å². The van der Waals surface area contributed by atoms with Gasteiger partial charge < -0.3 is 0 Å². The van der Waals surface area contributed by atoms with E-state index in [2.05, 4.69) is 15.5 Å². The van der Waals surface area contributed by atoms with Crippen molar-refractivity contribution in [2.75, 3.05) is 11.5 Å². The SMILES string of the molecule is C/C(=N/NC1=[NH+]C2CS(=O)(=O)CC2S1)c1ccccc1. The first kappa shape index (κ1) is 13.6. The van der Waals surface area contributed by atoms with Gasteiger partial charge in [-0.2, -0.15) is 0 Å². The van der Waals surface area contributed by atoms with Gasteiger partial charge in [0.15, 0.2) is 9.84 Å². The van der Waals surface area contributed by atoms with E-state index in [1.54, 1.807) is 0 Å². The molecule has 5 nitrogen and oxygen atoms in total. The van der Waals surface area contributed by atoms with Gasteiger partial charge in [0.05, 0.1) is 22.5 Å². The van der Waals surface area contributed by atoms with Gasteiger partial charge in [0.2, 0.25) is 0 Å². The zero-order chi connectivity index (χ0) is 14.2. The molecule has 2 aliphatic rings. The van der Waals surface area contributed by atoms with E-state index in [0.717, 1.165) is 16.4 Å². The first-order valence-corrected chi connectivity index (χ1v) is 9.10. The summed E-state index contributed by atoms with van der Waals surface area (Å²) in [6.07, 6.45) is 0. The van der Waals surface area contributed by atoms with E-state index >= 15 is 0 Å². The van der Waals surface area contributed by atoms with E-state index in [-0.39, 0.29) is 22.8 Å². The van der Waals surface area contributed by atoms with Crippen LogP contribution in [0.1, 0.15) is 12.5 Å². The van der Waals surface area contributed by atoms with Crippen molar-refractivity contribution in [3.63, 3.8) is 0 Å². The quantitative estimate of drug-likeness (QED) is 0.562. The molecule has 0 radical (unpaired) electrons. The number of nitrogens with zero attached hydrogens (tertiary/aromatic N) is 1. The van der Waals surface area contributed by atoms with E-state index in [4.69, 9.17) is 0 Å². The number of sulfone groups is 1. The smallest absolute Gasteiger partial charge is 0.262 e. The number of amidine groups is 1. The lowest BCUT2D eigenvalue weighted by Crippen LogP contribution is -2.79. The minimum absolute atomic E-state index is 0.0136. The topological polar surface area (TPSA) is 72.5 Å². The Bertz CT molecular complexity index is 668. The van der Waals surface area contributed by atoms with Crippen molar-refractivity contribution in [3.8, 4) is 0 Å². The fourth-order valence-electron chi connectivity index (χ4n) is 2.36. The van der Waals surface area contributed by atoms with Crippen LogP contribution in [0.5, 0.6) is 0 Å². The van der Waals surface area contributed by atoms with Gasteiger partial charge >= 0.3 is 5.17 Å². The molecule has 1 aromatic carbocycles. The number of rotatable bonds is 2. The lowest BCUT2D eigenvalue weighted by Gasteiger charge is -1.99. The third kappa shape index (κ3) is 2.88. The van der Waals surface area contributed by atoms with Crippen LogP contribution in [0.3, 0.4) is 0 Å². The van der Waals surface area contributed by atoms with Gasteiger partial charge in [-0.15, -0.1) is 5.43 Å². The van der Waals surface area contributed by atoms with Crippen LogP contribution < -0.4 is 10.4 Å². The third-order valence-electron chi connectivity index (χ3n) is 3.40. The van der Waals surface area contributed by atoms with Crippen molar-refractivity contribution in [1.82, 2.24) is 5.43 Å². The second-order valence-corrected chi connectivity index (χ2v) is 8.39. The van der Waals surface area contributed by atoms with Gasteiger partial charge in [-0.3, -0.25) is 4.99 Å². The minimum Gasteiger partial charge on any atom is -0.262 e. The number of thioether (sulfide) groups is 1. The molecule has 106 valence electrons. The molecule has 2 heterocycles. The second-order valence-electron chi connectivity index (χ2n) is 4.99. The number of hydrazone groups is 1. The molecule has 2 aliphatic heterocycles. The summed E-state index contributed by atoms with van der Waals surface area (Å²) < 4.78 is 23.0. The summed E-state index contributed by atoms with van der Waals surface area (Å²) in [5.41, 5.74) is 4.95. The fraction of sp³-hybridized carbons (Fsp3) is 0.385. The Kier molecular flexibility index (Phi) is 3.55. The van der Waals surface area contributed by atoms with Crippen molar-refractivity contribution in [2.45, 2.75) is 18.2 Å². The standard InChI is InChI=1S/C13H15N3O2S2/c1-9(10-5-3-2-4-6-10)15-16-13-14-11-7-20(17,18)8-12(11)19-13/h2-6,11-12H,7-8H2,1H3,(H,14,16)/p+1/b15-9-. The normalized spacial score (nSPS) is 28.1. The molecule has 0 saturated carbocycles. The van der Waals surface area contributed by atoms with E-state index in [1.807, 2.05) is 37.3 Å². The van der Waals surface area contributed by atoms with Gasteiger partial charge in [-0.05, 0) is 24.2 Å². The molecular weight excluding hydrogens is 294 g/mol. The van der Waals surface area contributed by atoms with E-state index in [9.17, 15) is 8.42 Å². The van der Waals surface area contributed by atoms with Crippen LogP contribution in [0.2, 0.25) is 0 Å². The molecule has 2 unspecified atom stereocenters. The zero-order valence-corrected chi connectivity index (χ0v) is 12.7. The highest BCUT2D eigenvalue weighted by Gasteiger charge is 2.45. The van der Waals surface area contributed by atoms with E-state index in [0.29, 0.717) is 0 Å². The molecule has 0 aliphatic carbocycles. The predicted octanol–water partition coefficient (Wildman–Crippen LogP) is -0.651. The number of hydrogen-bond donors (Lipinski definition) is 2. The van der Waals surface area contributed by atoms with Gasteiger partial charge in [0.1, 0.15) is 6.04 Å². The molecule has 1 saturated heterocycles. The van der Waals surface area contributed by atoms with Gasteiger partial charge in [0.25, 0.3) is 0 Å². The average molecular weight is 310 g/mol. The molecule has 7 heteroatoms. The Morgan fingerprint density at radius 2 is 2.10 bits per heavy atom. The second kappa shape index (κ2) is 5.21. The monoisotopic (exact) mass is 310 g/mol. The molecule has 0 amide bonds. The van der Waals surface area contributed by atoms with Crippen LogP contribution in [0.25, 0.3) is 0 Å². The zero-order valence-electron chi connectivity index (χ0n) is 11.0. The maximum atomic E-state index is 11.5. The summed E-state index contributed by atoms with van der Waals surface area (Å²) in [7, 11) is -2.86. The molecule has 2 N–H and O–H groups in total. The summed E-state index contributed by atoms with van der Waals surface area (Å²) in [5, 5.41) is 5.28. The highest BCUT2D eigenvalue weighted by atomic mass is 32.2. The van der Waals surface area contributed by atoms with Crippen LogP contribution in [-0.2, 0) is 9.84 Å². The third-order valence-corrected chi connectivity index (χ3v) is 6.59. The summed E-state index contributed by atoms with van der Waals surface area (Å²) in [5.74, 6) is 0.471. The van der Waals surface area contributed by atoms with Crippen molar-refractivity contribution in [1.29, 1.82) is 0 Å². The maximum Gasteiger partial charge on any atom is 0.330 e. The Balaban J connectivity index is 1.66. The first-order chi connectivity index (χ1) is 9.53. The summed E-state index contributed by atoms with van der Waals surface area (Å²) in [6, 6.07) is 9.93. The molecule has 20 heavy (non-hydrogen) atoms. The lowest BCUT2D eigenvalue weighted by atomic mass is 10.1. The molecule has 0 spiro atoms. The van der Waals surface area contributed by atoms with Crippen LogP contribution >= 0.6 is 11.8 Å². The molecule has 3 rings (SSSR count). The Morgan fingerprint density at radius 3 is 2.80 bits per heavy atom. The van der Waals surface area contributed by atoms with Crippen molar-refractivity contribution in [3.05, 3.63) is 35.9 Å². The molecule has 2 atom stereocenters. The highest BCUT2D eigenvalue weighted by Crippen LogP contribution is 2.25. The predicted molar refractivity (Wildman–Crippen MR) is 81.6 cm³/mol. The molecule has 0 bridgehead atoms.